The van der Waals surface area contributed by atoms with Crippen molar-refractivity contribution in [2.24, 2.45) is 0 Å². The summed E-state index contributed by atoms with van der Waals surface area (Å²) in [6.45, 7) is 5.42. The van der Waals surface area contributed by atoms with Crippen LogP contribution in [0.4, 0.5) is 0 Å². The zero-order valence-electron chi connectivity index (χ0n) is 16.4. The standard InChI is InChI=1S/C22H27BrN2O3/c1-3-25-12-4-5-19(25)14-24-22(26)17-8-11-20(21(13-17)27-2)28-15-16-6-9-18(23)10-7-16/h6-11,13,19H,3-5,12,14-15H2,1-2H3,(H,24,26). The summed E-state index contributed by atoms with van der Waals surface area (Å²) in [7, 11) is 1.58. The molecule has 6 heteroatoms. The normalized spacial score (nSPS) is 16.8. The number of ether oxygens (including phenoxy) is 2. The van der Waals surface area contributed by atoms with Gasteiger partial charge in [-0.3, -0.25) is 9.69 Å². The summed E-state index contributed by atoms with van der Waals surface area (Å²) in [5.41, 5.74) is 1.64. The molecule has 2 aromatic rings. The molecule has 0 saturated carbocycles. The second-order valence-electron chi connectivity index (χ2n) is 6.92. The Kier molecular flexibility index (Phi) is 7.34. The molecule has 28 heavy (non-hydrogen) atoms. The van der Waals surface area contributed by atoms with Crippen molar-refractivity contribution in [3.05, 3.63) is 58.1 Å². The fourth-order valence-corrected chi connectivity index (χ4v) is 3.79. The van der Waals surface area contributed by atoms with E-state index in [1.54, 1.807) is 25.3 Å². The first-order valence-corrected chi connectivity index (χ1v) is 10.5. The van der Waals surface area contributed by atoms with E-state index in [9.17, 15) is 4.79 Å². The zero-order valence-corrected chi connectivity index (χ0v) is 18.0. The average molecular weight is 447 g/mol. The number of benzene rings is 2. The van der Waals surface area contributed by atoms with E-state index in [0.717, 1.165) is 29.5 Å². The Morgan fingerprint density at radius 1 is 1.21 bits per heavy atom. The minimum Gasteiger partial charge on any atom is -0.493 e. The number of hydrogen-bond acceptors (Lipinski definition) is 4. The van der Waals surface area contributed by atoms with Crippen LogP contribution in [-0.2, 0) is 6.61 Å². The lowest BCUT2D eigenvalue weighted by atomic mass is 10.1. The highest BCUT2D eigenvalue weighted by molar-refractivity contribution is 9.10. The van der Waals surface area contributed by atoms with Gasteiger partial charge in [0.2, 0.25) is 0 Å². The quantitative estimate of drug-likeness (QED) is 0.658. The van der Waals surface area contributed by atoms with E-state index in [0.29, 0.717) is 36.3 Å². The minimum absolute atomic E-state index is 0.0827. The van der Waals surface area contributed by atoms with Gasteiger partial charge in [0, 0.05) is 22.6 Å². The fourth-order valence-electron chi connectivity index (χ4n) is 3.52. The van der Waals surface area contributed by atoms with Crippen molar-refractivity contribution in [2.45, 2.75) is 32.4 Å². The number of likely N-dealkylation sites (N-methyl/N-ethyl adjacent to an activating group) is 1. The second kappa shape index (κ2) is 9.94. The van der Waals surface area contributed by atoms with Gasteiger partial charge in [-0.1, -0.05) is 35.0 Å². The summed E-state index contributed by atoms with van der Waals surface area (Å²) in [5, 5.41) is 3.06. The van der Waals surface area contributed by atoms with Crippen molar-refractivity contribution in [3.63, 3.8) is 0 Å². The monoisotopic (exact) mass is 446 g/mol. The van der Waals surface area contributed by atoms with E-state index in [4.69, 9.17) is 9.47 Å². The Bertz CT molecular complexity index is 795. The van der Waals surface area contributed by atoms with Crippen LogP contribution in [0.2, 0.25) is 0 Å². The summed E-state index contributed by atoms with van der Waals surface area (Å²) in [6, 6.07) is 13.7. The molecule has 3 rings (SSSR count). The molecule has 0 radical (unpaired) electrons. The molecule has 0 aliphatic carbocycles. The van der Waals surface area contributed by atoms with Gasteiger partial charge in [-0.15, -0.1) is 0 Å². The molecule has 1 unspecified atom stereocenters. The first-order valence-electron chi connectivity index (χ1n) is 9.68. The van der Waals surface area contributed by atoms with Crippen LogP contribution in [0.5, 0.6) is 11.5 Å². The second-order valence-corrected chi connectivity index (χ2v) is 7.83. The van der Waals surface area contributed by atoms with Crippen LogP contribution in [0.25, 0.3) is 0 Å². The highest BCUT2D eigenvalue weighted by Crippen LogP contribution is 2.29. The van der Waals surface area contributed by atoms with E-state index in [1.165, 1.54) is 6.42 Å². The molecular formula is C22H27BrN2O3. The predicted molar refractivity (Wildman–Crippen MR) is 114 cm³/mol. The number of halogens is 1. The van der Waals surface area contributed by atoms with Crippen LogP contribution in [-0.4, -0.2) is 43.6 Å². The topological polar surface area (TPSA) is 50.8 Å². The van der Waals surface area contributed by atoms with Crippen molar-refractivity contribution in [3.8, 4) is 11.5 Å². The average Bonchev–Trinajstić information content (AvgIpc) is 3.19. The van der Waals surface area contributed by atoms with Crippen molar-refractivity contribution < 1.29 is 14.3 Å². The van der Waals surface area contributed by atoms with Gasteiger partial charge in [0.05, 0.1) is 7.11 Å². The van der Waals surface area contributed by atoms with E-state index < -0.39 is 0 Å². The molecule has 5 nitrogen and oxygen atoms in total. The number of hydrogen-bond donors (Lipinski definition) is 1. The third-order valence-electron chi connectivity index (χ3n) is 5.14. The van der Waals surface area contributed by atoms with E-state index in [2.05, 4.69) is 33.1 Å². The van der Waals surface area contributed by atoms with Crippen LogP contribution in [0.3, 0.4) is 0 Å². The molecule has 1 fully saturated rings. The van der Waals surface area contributed by atoms with E-state index in [1.807, 2.05) is 24.3 Å². The molecule has 1 saturated heterocycles. The summed E-state index contributed by atoms with van der Waals surface area (Å²) in [6.07, 6.45) is 2.34. The number of amides is 1. The molecule has 1 atom stereocenters. The summed E-state index contributed by atoms with van der Waals surface area (Å²) < 4.78 is 12.3. The Labute approximate surface area is 175 Å². The lowest BCUT2D eigenvalue weighted by Crippen LogP contribution is -2.40. The Morgan fingerprint density at radius 3 is 2.71 bits per heavy atom. The highest BCUT2D eigenvalue weighted by Gasteiger charge is 2.23. The van der Waals surface area contributed by atoms with Gasteiger partial charge in [-0.2, -0.15) is 0 Å². The predicted octanol–water partition coefficient (Wildman–Crippen LogP) is 4.25. The largest absolute Gasteiger partial charge is 0.493 e. The number of carbonyl (C=O) groups is 1. The van der Waals surface area contributed by atoms with E-state index in [-0.39, 0.29) is 5.91 Å². The van der Waals surface area contributed by atoms with Gasteiger partial charge in [0.15, 0.2) is 11.5 Å². The maximum atomic E-state index is 12.6. The zero-order chi connectivity index (χ0) is 19.9. The maximum absolute atomic E-state index is 12.6. The summed E-state index contributed by atoms with van der Waals surface area (Å²) >= 11 is 3.43. The SMILES string of the molecule is CCN1CCCC1CNC(=O)c1ccc(OCc2ccc(Br)cc2)c(OC)c1. The molecule has 2 aromatic carbocycles. The summed E-state index contributed by atoms with van der Waals surface area (Å²) in [5.74, 6) is 1.09. The van der Waals surface area contributed by atoms with Crippen molar-refractivity contribution in [2.75, 3.05) is 26.7 Å². The molecule has 1 heterocycles. The Hall–Kier alpha value is -2.05. The first-order chi connectivity index (χ1) is 13.6. The highest BCUT2D eigenvalue weighted by atomic mass is 79.9. The van der Waals surface area contributed by atoms with Gasteiger partial charge in [0.1, 0.15) is 6.61 Å². The lowest BCUT2D eigenvalue weighted by molar-refractivity contribution is 0.0941. The number of nitrogens with one attached hydrogen (secondary N) is 1. The number of carbonyl (C=O) groups excluding carboxylic acids is 1. The molecule has 150 valence electrons. The first kappa shape index (κ1) is 20.7. The third-order valence-corrected chi connectivity index (χ3v) is 5.67. The fraction of sp³-hybridized carbons (Fsp3) is 0.409. The van der Waals surface area contributed by atoms with Crippen molar-refractivity contribution in [1.82, 2.24) is 10.2 Å². The van der Waals surface area contributed by atoms with E-state index >= 15 is 0 Å². The lowest BCUT2D eigenvalue weighted by Gasteiger charge is -2.23. The third kappa shape index (κ3) is 5.26. The number of nitrogens with zero attached hydrogens (tertiary/aromatic N) is 1. The molecule has 0 spiro atoms. The maximum Gasteiger partial charge on any atom is 0.251 e. The molecular weight excluding hydrogens is 420 g/mol. The van der Waals surface area contributed by atoms with Crippen LogP contribution in [0, 0.1) is 0 Å². The van der Waals surface area contributed by atoms with Crippen LogP contribution >= 0.6 is 15.9 Å². The van der Waals surface area contributed by atoms with Crippen LogP contribution < -0.4 is 14.8 Å². The van der Waals surface area contributed by atoms with Gasteiger partial charge < -0.3 is 14.8 Å². The Balaban J connectivity index is 1.60. The molecule has 1 N–H and O–H groups in total. The molecule has 1 aliphatic heterocycles. The Morgan fingerprint density at radius 2 is 2.00 bits per heavy atom. The molecule has 0 bridgehead atoms. The van der Waals surface area contributed by atoms with Gasteiger partial charge >= 0.3 is 0 Å². The van der Waals surface area contributed by atoms with Gasteiger partial charge in [-0.25, -0.2) is 0 Å². The van der Waals surface area contributed by atoms with Crippen LogP contribution in [0.1, 0.15) is 35.7 Å². The van der Waals surface area contributed by atoms with Crippen molar-refractivity contribution in [1.29, 1.82) is 0 Å². The minimum atomic E-state index is -0.0827. The number of methoxy groups -OCH3 is 1. The van der Waals surface area contributed by atoms with Gasteiger partial charge in [0.25, 0.3) is 5.91 Å². The smallest absolute Gasteiger partial charge is 0.251 e. The molecule has 1 aliphatic rings. The number of likely N-dealkylation sites (tertiary alicyclic amines) is 1. The summed E-state index contributed by atoms with van der Waals surface area (Å²) in [4.78, 5) is 15.0. The van der Waals surface area contributed by atoms with Gasteiger partial charge in [-0.05, 0) is 61.8 Å². The van der Waals surface area contributed by atoms with Crippen molar-refractivity contribution >= 4 is 21.8 Å². The number of rotatable bonds is 8. The van der Waals surface area contributed by atoms with Crippen LogP contribution in [0.15, 0.2) is 46.9 Å². The molecule has 1 amide bonds. The molecule has 0 aromatic heterocycles.